The van der Waals surface area contributed by atoms with Crippen molar-refractivity contribution in [3.05, 3.63) is 22.7 Å². The summed E-state index contributed by atoms with van der Waals surface area (Å²) in [5, 5.41) is 29.4. The summed E-state index contributed by atoms with van der Waals surface area (Å²) in [5.41, 5.74) is 0.350. The molecule has 0 radical (unpaired) electrons. The van der Waals surface area contributed by atoms with Crippen molar-refractivity contribution in [2.75, 3.05) is 25.3 Å². The van der Waals surface area contributed by atoms with Crippen LogP contribution in [0.1, 0.15) is 38.8 Å². The highest BCUT2D eigenvalue weighted by Gasteiger charge is 2.46. The largest absolute Gasteiger partial charge is 0.462 e. The topological polar surface area (TPSA) is 152 Å². The van der Waals surface area contributed by atoms with Gasteiger partial charge in [-0.25, -0.2) is 4.79 Å². The molecule has 0 saturated carbocycles. The van der Waals surface area contributed by atoms with Gasteiger partial charge in [0.25, 0.3) is 0 Å². The van der Waals surface area contributed by atoms with Crippen LogP contribution in [0.25, 0.3) is 0 Å². The van der Waals surface area contributed by atoms with E-state index in [4.69, 9.17) is 19.4 Å². The summed E-state index contributed by atoms with van der Waals surface area (Å²) in [6.07, 6.45) is -1.05. The molecule has 29 heavy (non-hydrogen) atoms. The Morgan fingerprint density at radius 3 is 2.72 bits per heavy atom. The molecule has 0 amide bonds. The third-order valence-corrected chi connectivity index (χ3v) is 5.55. The van der Waals surface area contributed by atoms with Crippen molar-refractivity contribution in [2.45, 2.75) is 57.1 Å². The summed E-state index contributed by atoms with van der Waals surface area (Å²) in [7, 11) is 0. The van der Waals surface area contributed by atoms with Crippen LogP contribution in [0.4, 0.5) is 5.82 Å². The van der Waals surface area contributed by atoms with E-state index in [2.05, 4.69) is 4.98 Å². The van der Waals surface area contributed by atoms with Crippen LogP contribution in [0.5, 0.6) is 0 Å². The number of rotatable bonds is 7. The maximum Gasteiger partial charge on any atom is 0.351 e. The van der Waals surface area contributed by atoms with Gasteiger partial charge in [0.1, 0.15) is 24.9 Å². The third-order valence-electron chi connectivity index (χ3n) is 5.55. The van der Waals surface area contributed by atoms with Crippen molar-refractivity contribution in [3.63, 3.8) is 0 Å². The normalized spacial score (nSPS) is 28.8. The van der Waals surface area contributed by atoms with Gasteiger partial charge in [0.05, 0.1) is 5.41 Å². The Balaban J connectivity index is 1.66. The van der Waals surface area contributed by atoms with Crippen LogP contribution in [0.15, 0.2) is 17.1 Å². The third kappa shape index (κ3) is 4.43. The number of aromatic nitrogens is 2. The summed E-state index contributed by atoms with van der Waals surface area (Å²) < 4.78 is 17.4. The van der Waals surface area contributed by atoms with E-state index in [0.717, 1.165) is 11.0 Å². The first-order valence-corrected chi connectivity index (χ1v) is 9.68. The van der Waals surface area contributed by atoms with E-state index in [1.54, 1.807) is 5.48 Å². The van der Waals surface area contributed by atoms with Crippen molar-refractivity contribution in [2.24, 2.45) is 5.41 Å². The highest BCUT2D eigenvalue weighted by molar-refractivity contribution is 5.77. The number of esters is 1. The quantitative estimate of drug-likeness (QED) is 0.349. The SMILES string of the molecule is CCCC1(C(=O)OC[C@H]2O[C@@H](n3ccc(NO)nc3=O)[C@H](O)[C@@H]2O)CCOCC1. The average Bonchev–Trinajstić information content (AvgIpc) is 3.01. The van der Waals surface area contributed by atoms with Crippen molar-refractivity contribution in [3.8, 4) is 0 Å². The fraction of sp³-hybridized carbons (Fsp3) is 0.722. The van der Waals surface area contributed by atoms with E-state index < -0.39 is 35.6 Å². The number of nitrogens with zero attached hydrogens (tertiary/aromatic N) is 2. The second kappa shape index (κ2) is 9.18. The minimum atomic E-state index is -1.42. The number of hydrogen-bond donors (Lipinski definition) is 4. The van der Waals surface area contributed by atoms with E-state index in [9.17, 15) is 19.8 Å². The standard InChI is InChI=1S/C18H27N3O8/c1-2-4-18(5-8-27-9-6-18)16(24)28-10-11-13(22)14(23)15(29-11)21-7-3-12(20-26)19-17(21)25/h3,7,11,13-15,22-23,26H,2,4-6,8-10H2,1H3,(H,19,20,25)/t11-,13-,14-,15-/m1/s1. The summed E-state index contributed by atoms with van der Waals surface area (Å²) in [6, 6.07) is 1.30. The van der Waals surface area contributed by atoms with Gasteiger partial charge in [-0.05, 0) is 25.3 Å². The van der Waals surface area contributed by atoms with Crippen LogP contribution in [-0.2, 0) is 19.0 Å². The second-order valence-electron chi connectivity index (χ2n) is 7.40. The highest BCUT2D eigenvalue weighted by atomic mass is 16.6. The van der Waals surface area contributed by atoms with Gasteiger partial charge in [-0.3, -0.25) is 20.0 Å². The lowest BCUT2D eigenvalue weighted by Crippen LogP contribution is -2.41. The van der Waals surface area contributed by atoms with Gasteiger partial charge in [-0.2, -0.15) is 4.98 Å². The second-order valence-corrected chi connectivity index (χ2v) is 7.40. The number of hydrogen-bond acceptors (Lipinski definition) is 10. The minimum absolute atomic E-state index is 0.0672. The Morgan fingerprint density at radius 1 is 1.38 bits per heavy atom. The van der Waals surface area contributed by atoms with E-state index in [-0.39, 0.29) is 18.4 Å². The Hall–Kier alpha value is -2.05. The smallest absolute Gasteiger partial charge is 0.351 e. The highest BCUT2D eigenvalue weighted by Crippen LogP contribution is 2.37. The first-order chi connectivity index (χ1) is 13.9. The molecule has 0 bridgehead atoms. The molecule has 0 aliphatic carbocycles. The Kier molecular flexibility index (Phi) is 6.85. The van der Waals surface area contributed by atoms with Crippen molar-refractivity contribution in [1.82, 2.24) is 9.55 Å². The van der Waals surface area contributed by atoms with E-state index in [1.807, 2.05) is 6.92 Å². The van der Waals surface area contributed by atoms with Gasteiger partial charge in [0, 0.05) is 19.4 Å². The molecule has 162 valence electrons. The van der Waals surface area contributed by atoms with Crippen LogP contribution in [-0.4, -0.2) is 69.1 Å². The molecule has 0 aromatic carbocycles. The zero-order chi connectivity index (χ0) is 21.0. The molecule has 4 N–H and O–H groups in total. The fourth-order valence-electron chi connectivity index (χ4n) is 3.87. The zero-order valence-electron chi connectivity index (χ0n) is 16.2. The molecule has 2 fully saturated rings. The molecule has 11 heteroatoms. The maximum atomic E-state index is 12.8. The Morgan fingerprint density at radius 2 is 2.10 bits per heavy atom. The lowest BCUT2D eigenvalue weighted by atomic mass is 9.76. The maximum absolute atomic E-state index is 12.8. The molecule has 1 aromatic rings. The molecule has 11 nitrogen and oxygen atoms in total. The number of aliphatic hydroxyl groups is 2. The molecule has 3 rings (SSSR count). The van der Waals surface area contributed by atoms with Gasteiger partial charge in [0.15, 0.2) is 12.0 Å². The predicted octanol–water partition coefficient (Wildman–Crippen LogP) is -0.196. The lowest BCUT2D eigenvalue weighted by Gasteiger charge is -2.35. The number of carbonyl (C=O) groups excluding carboxylic acids is 1. The number of ether oxygens (including phenoxy) is 3. The molecule has 0 spiro atoms. The average molecular weight is 413 g/mol. The number of anilines is 1. The number of nitrogens with one attached hydrogen (secondary N) is 1. The first kappa shape index (κ1) is 21.7. The van der Waals surface area contributed by atoms with Gasteiger partial charge in [0.2, 0.25) is 0 Å². The van der Waals surface area contributed by atoms with Gasteiger partial charge < -0.3 is 24.4 Å². The van der Waals surface area contributed by atoms with Crippen LogP contribution in [0, 0.1) is 5.41 Å². The first-order valence-electron chi connectivity index (χ1n) is 9.68. The van der Waals surface area contributed by atoms with Crippen LogP contribution in [0.2, 0.25) is 0 Å². The summed E-state index contributed by atoms with van der Waals surface area (Å²) in [6.45, 7) is 2.73. The molecule has 2 saturated heterocycles. The van der Waals surface area contributed by atoms with E-state index >= 15 is 0 Å². The van der Waals surface area contributed by atoms with Crippen LogP contribution in [0.3, 0.4) is 0 Å². The Bertz CT molecular complexity index is 758. The number of carbonyl (C=O) groups is 1. The van der Waals surface area contributed by atoms with Crippen LogP contribution >= 0.6 is 0 Å². The lowest BCUT2D eigenvalue weighted by molar-refractivity contribution is -0.168. The molecule has 2 aliphatic heterocycles. The van der Waals surface area contributed by atoms with Crippen molar-refractivity contribution in [1.29, 1.82) is 0 Å². The molecule has 2 aliphatic rings. The molecular formula is C18H27N3O8. The fourth-order valence-corrected chi connectivity index (χ4v) is 3.87. The zero-order valence-corrected chi connectivity index (χ0v) is 16.2. The van der Waals surface area contributed by atoms with E-state index in [0.29, 0.717) is 32.5 Å². The summed E-state index contributed by atoms with van der Waals surface area (Å²) in [4.78, 5) is 28.4. The van der Waals surface area contributed by atoms with Crippen LogP contribution < -0.4 is 11.2 Å². The van der Waals surface area contributed by atoms with Crippen molar-refractivity contribution < 1.29 is 34.4 Å². The van der Waals surface area contributed by atoms with Gasteiger partial charge >= 0.3 is 11.7 Å². The Labute approximate surface area is 167 Å². The summed E-state index contributed by atoms with van der Waals surface area (Å²) in [5.74, 6) is -0.434. The monoisotopic (exact) mass is 413 g/mol. The number of aliphatic hydroxyl groups excluding tert-OH is 2. The van der Waals surface area contributed by atoms with Gasteiger partial charge in [-0.1, -0.05) is 13.3 Å². The summed E-state index contributed by atoms with van der Waals surface area (Å²) >= 11 is 0. The molecule has 1 aromatic heterocycles. The predicted molar refractivity (Wildman–Crippen MR) is 98.2 cm³/mol. The molecular weight excluding hydrogens is 386 g/mol. The van der Waals surface area contributed by atoms with E-state index in [1.165, 1.54) is 12.3 Å². The molecule has 3 heterocycles. The molecule has 4 atom stereocenters. The minimum Gasteiger partial charge on any atom is -0.462 e. The van der Waals surface area contributed by atoms with Gasteiger partial charge in [-0.15, -0.1) is 0 Å². The van der Waals surface area contributed by atoms with Crippen molar-refractivity contribution >= 4 is 11.8 Å². The molecule has 0 unspecified atom stereocenters.